The summed E-state index contributed by atoms with van der Waals surface area (Å²) in [7, 11) is 2.06. The Morgan fingerprint density at radius 1 is 0.756 bits per heavy atom. The highest BCUT2D eigenvalue weighted by Gasteiger charge is 2.45. The standard InChI is InChI=1S/C17H24N2O2.C16H22N2O2/c1-19-9-7-17(8-10-19,16(20)21)12-18-15-11-14(15)13-5-3-2-4-6-13;19-15(20)16(6-8-17-9-7-16)11-18-14-10-13(14)12-4-2-1-3-5-12/h2-6,14-15,18H,7-12H2,1H3,(H,20,21);1-5,13-14,17-18H,6-11H2,(H,19,20)/t14-,15+;13-,14+/m00/s1. The lowest BCUT2D eigenvalue weighted by Crippen LogP contribution is -2.49. The van der Waals surface area contributed by atoms with Crippen LogP contribution in [0, 0.1) is 10.8 Å². The van der Waals surface area contributed by atoms with Gasteiger partial charge in [0.15, 0.2) is 0 Å². The maximum absolute atomic E-state index is 11.7. The molecule has 2 heterocycles. The number of nitrogens with zero attached hydrogens (tertiary/aromatic N) is 1. The molecule has 2 saturated carbocycles. The number of likely N-dealkylation sites (tertiary alicyclic amines) is 1. The predicted molar refractivity (Wildman–Crippen MR) is 160 cm³/mol. The van der Waals surface area contributed by atoms with E-state index in [1.54, 1.807) is 0 Å². The van der Waals surface area contributed by atoms with Crippen molar-refractivity contribution in [3.63, 3.8) is 0 Å². The van der Waals surface area contributed by atoms with Crippen molar-refractivity contribution >= 4 is 11.9 Å². The fraction of sp³-hybridized carbons (Fsp3) is 0.576. The highest BCUT2D eigenvalue weighted by molar-refractivity contribution is 5.75. The van der Waals surface area contributed by atoms with E-state index in [1.807, 2.05) is 12.1 Å². The van der Waals surface area contributed by atoms with Crippen LogP contribution in [0.4, 0.5) is 0 Å². The van der Waals surface area contributed by atoms with Crippen molar-refractivity contribution in [3.8, 4) is 0 Å². The molecule has 4 fully saturated rings. The van der Waals surface area contributed by atoms with Crippen LogP contribution in [0.15, 0.2) is 60.7 Å². The average molecular weight is 563 g/mol. The minimum Gasteiger partial charge on any atom is -0.481 e. The van der Waals surface area contributed by atoms with E-state index in [2.05, 4.69) is 76.4 Å². The van der Waals surface area contributed by atoms with Crippen LogP contribution in [0.2, 0.25) is 0 Å². The third-order valence-corrected chi connectivity index (χ3v) is 9.85. The molecule has 8 nitrogen and oxygen atoms in total. The van der Waals surface area contributed by atoms with Crippen LogP contribution in [0.1, 0.15) is 61.5 Å². The van der Waals surface area contributed by atoms with E-state index in [4.69, 9.17) is 0 Å². The largest absolute Gasteiger partial charge is 0.481 e. The van der Waals surface area contributed by atoms with E-state index in [1.165, 1.54) is 11.1 Å². The predicted octanol–water partition coefficient (Wildman–Crippen LogP) is 3.52. The summed E-state index contributed by atoms with van der Waals surface area (Å²) in [6.45, 7) is 4.56. The molecule has 0 aromatic heterocycles. The van der Waals surface area contributed by atoms with Crippen molar-refractivity contribution in [2.75, 3.05) is 46.3 Å². The van der Waals surface area contributed by atoms with Crippen LogP contribution in [0.5, 0.6) is 0 Å². The van der Waals surface area contributed by atoms with Gasteiger partial charge in [-0.05, 0) is 82.9 Å². The number of hydrogen-bond acceptors (Lipinski definition) is 6. The highest BCUT2D eigenvalue weighted by atomic mass is 16.4. The molecule has 4 aliphatic rings. The molecule has 5 N–H and O–H groups in total. The van der Waals surface area contributed by atoms with Gasteiger partial charge < -0.3 is 31.1 Å². The van der Waals surface area contributed by atoms with E-state index < -0.39 is 22.8 Å². The molecule has 0 radical (unpaired) electrons. The van der Waals surface area contributed by atoms with E-state index >= 15 is 0 Å². The fourth-order valence-electron chi connectivity index (χ4n) is 6.52. The number of benzene rings is 2. The van der Waals surface area contributed by atoms with Crippen LogP contribution in [-0.2, 0) is 9.59 Å². The van der Waals surface area contributed by atoms with Gasteiger partial charge >= 0.3 is 11.9 Å². The van der Waals surface area contributed by atoms with E-state index in [-0.39, 0.29) is 0 Å². The summed E-state index contributed by atoms with van der Waals surface area (Å²) in [6, 6.07) is 21.9. The molecule has 41 heavy (non-hydrogen) atoms. The molecule has 2 aliphatic carbocycles. The smallest absolute Gasteiger partial charge is 0.311 e. The van der Waals surface area contributed by atoms with Gasteiger partial charge in [-0.1, -0.05) is 60.7 Å². The summed E-state index contributed by atoms with van der Waals surface area (Å²) in [5.74, 6) is -0.171. The third-order valence-electron chi connectivity index (χ3n) is 9.85. The van der Waals surface area contributed by atoms with Gasteiger partial charge in [0, 0.05) is 37.0 Å². The van der Waals surface area contributed by atoms with Gasteiger partial charge in [-0.2, -0.15) is 0 Å². The molecule has 8 heteroatoms. The number of carbonyl (C=O) groups is 2. The summed E-state index contributed by atoms with van der Waals surface area (Å²) in [5, 5.41) is 29.4. The second-order valence-electron chi connectivity index (χ2n) is 12.7. The Morgan fingerprint density at radius 2 is 1.17 bits per heavy atom. The van der Waals surface area contributed by atoms with E-state index in [0.29, 0.717) is 37.0 Å². The first-order valence-corrected chi connectivity index (χ1v) is 15.2. The van der Waals surface area contributed by atoms with Crippen molar-refractivity contribution in [1.29, 1.82) is 0 Å². The first-order chi connectivity index (χ1) is 19.8. The van der Waals surface area contributed by atoms with Crippen LogP contribution >= 0.6 is 0 Å². The number of aliphatic carboxylic acids is 2. The summed E-state index contributed by atoms with van der Waals surface area (Å²) < 4.78 is 0. The summed E-state index contributed by atoms with van der Waals surface area (Å²) in [4.78, 5) is 25.5. The zero-order valence-electron chi connectivity index (χ0n) is 24.2. The van der Waals surface area contributed by atoms with Crippen LogP contribution in [0.25, 0.3) is 0 Å². The Labute approximate surface area is 243 Å². The Kier molecular flexibility index (Phi) is 9.44. The molecule has 2 saturated heterocycles. The lowest BCUT2D eigenvalue weighted by atomic mass is 9.78. The van der Waals surface area contributed by atoms with Crippen molar-refractivity contribution in [3.05, 3.63) is 71.8 Å². The molecule has 6 rings (SSSR count). The molecule has 0 amide bonds. The van der Waals surface area contributed by atoms with Gasteiger partial charge in [0.2, 0.25) is 0 Å². The second kappa shape index (κ2) is 13.0. The second-order valence-corrected chi connectivity index (χ2v) is 12.7. The molecule has 2 aromatic rings. The van der Waals surface area contributed by atoms with Crippen molar-refractivity contribution in [2.45, 2.75) is 62.4 Å². The molecule has 0 bridgehead atoms. The minimum atomic E-state index is -0.650. The molecule has 0 spiro atoms. The van der Waals surface area contributed by atoms with Crippen molar-refractivity contribution in [1.82, 2.24) is 20.9 Å². The number of rotatable bonds is 10. The molecular formula is C33H46N4O4. The lowest BCUT2D eigenvalue weighted by molar-refractivity contribution is -0.152. The molecule has 4 atom stereocenters. The number of carboxylic acids is 2. The number of hydrogen-bond donors (Lipinski definition) is 5. The average Bonchev–Trinajstić information content (AvgIpc) is 3.93. The topological polar surface area (TPSA) is 114 Å². The monoisotopic (exact) mass is 562 g/mol. The molecule has 222 valence electrons. The first kappa shape index (κ1) is 29.7. The summed E-state index contributed by atoms with van der Waals surface area (Å²) in [6.07, 6.45) is 5.18. The fourth-order valence-corrected chi connectivity index (χ4v) is 6.52. The Morgan fingerprint density at radius 3 is 1.59 bits per heavy atom. The van der Waals surface area contributed by atoms with Gasteiger partial charge in [-0.25, -0.2) is 0 Å². The van der Waals surface area contributed by atoms with Gasteiger partial charge in [-0.15, -0.1) is 0 Å². The highest BCUT2D eigenvalue weighted by Crippen LogP contribution is 2.42. The van der Waals surface area contributed by atoms with Crippen LogP contribution < -0.4 is 16.0 Å². The molecule has 2 aromatic carbocycles. The summed E-state index contributed by atoms with van der Waals surface area (Å²) in [5.41, 5.74) is 1.58. The Hall–Kier alpha value is -2.78. The Balaban J connectivity index is 0.000000165. The number of carboxylic acid groups (broad SMARTS) is 2. The number of nitrogens with one attached hydrogen (secondary N) is 3. The summed E-state index contributed by atoms with van der Waals surface area (Å²) >= 11 is 0. The van der Waals surface area contributed by atoms with Crippen LogP contribution in [0.3, 0.4) is 0 Å². The van der Waals surface area contributed by atoms with Gasteiger partial charge in [-0.3, -0.25) is 9.59 Å². The van der Waals surface area contributed by atoms with Crippen molar-refractivity contribution in [2.24, 2.45) is 10.8 Å². The molecular weight excluding hydrogens is 516 g/mol. The van der Waals surface area contributed by atoms with Crippen molar-refractivity contribution < 1.29 is 19.8 Å². The zero-order valence-corrected chi connectivity index (χ0v) is 24.2. The van der Waals surface area contributed by atoms with E-state index in [9.17, 15) is 19.8 Å². The SMILES string of the molecule is CN1CCC(CN[C@@H]2C[C@H]2c2ccccc2)(C(=O)O)CC1.O=C(O)C1(CN[C@@H]2C[C@H]2c2ccccc2)CCNCC1. The van der Waals surface area contributed by atoms with Crippen LogP contribution in [-0.4, -0.2) is 85.5 Å². The van der Waals surface area contributed by atoms with Gasteiger partial charge in [0.25, 0.3) is 0 Å². The maximum Gasteiger partial charge on any atom is 0.311 e. The van der Waals surface area contributed by atoms with Gasteiger partial charge in [0.05, 0.1) is 10.8 Å². The first-order valence-electron chi connectivity index (χ1n) is 15.2. The van der Waals surface area contributed by atoms with Gasteiger partial charge in [0.1, 0.15) is 0 Å². The minimum absolute atomic E-state index is 0.447. The maximum atomic E-state index is 11.7. The molecule has 0 unspecified atom stereocenters. The zero-order chi connectivity index (χ0) is 28.9. The normalized spacial score (nSPS) is 28.1. The third kappa shape index (κ3) is 7.36. The lowest BCUT2D eigenvalue weighted by Gasteiger charge is -2.37. The molecule has 2 aliphatic heterocycles. The van der Waals surface area contributed by atoms with E-state index in [0.717, 1.165) is 64.7 Å². The quantitative estimate of drug-likeness (QED) is 0.299. The number of piperidine rings is 2. The Bertz CT molecular complexity index is 1150.